The van der Waals surface area contributed by atoms with Crippen LogP contribution in [0.4, 0.5) is 0 Å². The van der Waals surface area contributed by atoms with E-state index in [-0.39, 0.29) is 24.6 Å². The monoisotopic (exact) mass is 442 g/mol. The number of aromatic nitrogens is 1. The first kappa shape index (κ1) is 23.8. The normalized spacial score (nSPS) is 20.0. The van der Waals surface area contributed by atoms with E-state index in [0.717, 1.165) is 32.2 Å². The van der Waals surface area contributed by atoms with Gasteiger partial charge in [0, 0.05) is 35.7 Å². The van der Waals surface area contributed by atoms with Crippen molar-refractivity contribution in [3.8, 4) is 0 Å². The zero-order valence-electron chi connectivity index (χ0n) is 18.6. The SMILES string of the molecule is Cc1c(C)n(CC(O)CN(Cc2ccccc2)C2CCCCC2O)c2ccccc12.Cl. The van der Waals surface area contributed by atoms with Crippen molar-refractivity contribution in [2.75, 3.05) is 6.54 Å². The van der Waals surface area contributed by atoms with Crippen LogP contribution in [0.5, 0.6) is 0 Å². The van der Waals surface area contributed by atoms with Crippen molar-refractivity contribution in [3.05, 3.63) is 71.4 Å². The van der Waals surface area contributed by atoms with Gasteiger partial charge in [0.05, 0.1) is 18.8 Å². The Labute approximate surface area is 191 Å². The van der Waals surface area contributed by atoms with E-state index in [1.807, 2.05) is 6.07 Å². The minimum atomic E-state index is -0.503. The van der Waals surface area contributed by atoms with Crippen LogP contribution in [0.3, 0.4) is 0 Å². The highest BCUT2D eigenvalue weighted by atomic mass is 35.5. The van der Waals surface area contributed by atoms with E-state index < -0.39 is 6.10 Å². The van der Waals surface area contributed by atoms with E-state index in [1.165, 1.54) is 27.7 Å². The van der Waals surface area contributed by atoms with Crippen LogP contribution in [0, 0.1) is 13.8 Å². The number of aryl methyl sites for hydroxylation is 1. The van der Waals surface area contributed by atoms with E-state index in [1.54, 1.807) is 0 Å². The summed E-state index contributed by atoms with van der Waals surface area (Å²) in [6.07, 6.45) is 3.26. The molecular weight excluding hydrogens is 408 g/mol. The first-order valence-electron chi connectivity index (χ1n) is 11.2. The number of aliphatic hydroxyl groups excluding tert-OH is 2. The highest BCUT2D eigenvalue weighted by Crippen LogP contribution is 2.27. The van der Waals surface area contributed by atoms with Gasteiger partial charge in [0.2, 0.25) is 0 Å². The third-order valence-electron chi connectivity index (χ3n) is 6.78. The molecule has 0 aliphatic heterocycles. The van der Waals surface area contributed by atoms with Gasteiger partial charge in [0.1, 0.15) is 0 Å². The highest BCUT2D eigenvalue weighted by Gasteiger charge is 2.30. The summed E-state index contributed by atoms with van der Waals surface area (Å²) >= 11 is 0. The van der Waals surface area contributed by atoms with Crippen molar-refractivity contribution in [1.29, 1.82) is 0 Å². The second-order valence-corrected chi connectivity index (χ2v) is 8.83. The molecule has 5 heteroatoms. The van der Waals surface area contributed by atoms with E-state index in [9.17, 15) is 10.2 Å². The molecule has 1 aliphatic carbocycles. The Kier molecular flexibility index (Phi) is 8.17. The molecule has 3 aromatic rings. The smallest absolute Gasteiger partial charge is 0.0846 e. The van der Waals surface area contributed by atoms with Gasteiger partial charge in [-0.3, -0.25) is 4.90 Å². The number of benzene rings is 2. The zero-order valence-corrected chi connectivity index (χ0v) is 19.4. The molecule has 0 amide bonds. The Morgan fingerprint density at radius 1 is 1.00 bits per heavy atom. The second kappa shape index (κ2) is 10.6. The van der Waals surface area contributed by atoms with E-state index >= 15 is 0 Å². The molecule has 1 aromatic heterocycles. The predicted octanol–water partition coefficient (Wildman–Crippen LogP) is 4.85. The number of halogens is 1. The Morgan fingerprint density at radius 2 is 1.68 bits per heavy atom. The number of aliphatic hydroxyl groups is 2. The molecule has 1 aliphatic rings. The number of hydrogen-bond acceptors (Lipinski definition) is 3. The molecule has 2 N–H and O–H groups in total. The van der Waals surface area contributed by atoms with Crippen molar-refractivity contribution in [2.24, 2.45) is 0 Å². The summed E-state index contributed by atoms with van der Waals surface area (Å²) in [5.41, 5.74) is 4.89. The van der Waals surface area contributed by atoms with Crippen LogP contribution < -0.4 is 0 Å². The van der Waals surface area contributed by atoms with Gasteiger partial charge in [-0.05, 0) is 43.9 Å². The number of rotatable bonds is 7. The maximum absolute atomic E-state index is 11.1. The summed E-state index contributed by atoms with van der Waals surface area (Å²) in [7, 11) is 0. The molecule has 31 heavy (non-hydrogen) atoms. The van der Waals surface area contributed by atoms with Crippen LogP contribution in [-0.2, 0) is 13.1 Å². The molecule has 1 fully saturated rings. The summed E-state index contributed by atoms with van der Waals surface area (Å²) in [6, 6.07) is 18.9. The number of hydrogen-bond donors (Lipinski definition) is 2. The first-order valence-corrected chi connectivity index (χ1v) is 11.2. The van der Waals surface area contributed by atoms with Gasteiger partial charge >= 0.3 is 0 Å². The molecule has 3 atom stereocenters. The van der Waals surface area contributed by atoms with Gasteiger partial charge in [-0.1, -0.05) is 61.4 Å². The van der Waals surface area contributed by atoms with Gasteiger partial charge in [-0.15, -0.1) is 12.4 Å². The van der Waals surface area contributed by atoms with Crippen molar-refractivity contribution in [2.45, 2.75) is 70.9 Å². The van der Waals surface area contributed by atoms with Crippen LogP contribution in [0.15, 0.2) is 54.6 Å². The quantitative estimate of drug-likeness (QED) is 0.550. The third-order valence-corrected chi connectivity index (χ3v) is 6.78. The van der Waals surface area contributed by atoms with Crippen LogP contribution in [-0.4, -0.2) is 44.5 Å². The van der Waals surface area contributed by atoms with Crippen LogP contribution in [0.2, 0.25) is 0 Å². The van der Waals surface area contributed by atoms with Crippen molar-refractivity contribution >= 4 is 23.3 Å². The standard InChI is InChI=1S/C26H34N2O2.ClH/c1-19-20(2)28(24-13-7-6-12-23(19)24)18-22(29)17-27(16-21-10-4-3-5-11-21)25-14-8-9-15-26(25)30;/h3-7,10-13,22,25-26,29-30H,8-9,14-18H2,1-2H3;1H. The maximum Gasteiger partial charge on any atom is 0.0846 e. The average molecular weight is 443 g/mol. The highest BCUT2D eigenvalue weighted by molar-refractivity contribution is 5.85. The summed E-state index contributed by atoms with van der Waals surface area (Å²) in [4.78, 5) is 2.30. The van der Waals surface area contributed by atoms with E-state index in [0.29, 0.717) is 13.1 Å². The fraction of sp³-hybridized carbons (Fsp3) is 0.462. The topological polar surface area (TPSA) is 48.6 Å². The molecule has 0 saturated heterocycles. The van der Waals surface area contributed by atoms with E-state index in [4.69, 9.17) is 0 Å². The van der Waals surface area contributed by atoms with Crippen molar-refractivity contribution < 1.29 is 10.2 Å². The predicted molar refractivity (Wildman–Crippen MR) is 130 cm³/mol. The van der Waals surface area contributed by atoms with Gasteiger partial charge in [-0.25, -0.2) is 0 Å². The lowest BCUT2D eigenvalue weighted by molar-refractivity contribution is -0.00883. The van der Waals surface area contributed by atoms with Gasteiger partial charge in [0.15, 0.2) is 0 Å². The summed E-state index contributed by atoms with van der Waals surface area (Å²) in [5.74, 6) is 0. The molecule has 4 nitrogen and oxygen atoms in total. The Bertz CT molecular complexity index is 972. The minimum Gasteiger partial charge on any atom is -0.391 e. The molecule has 1 heterocycles. The Morgan fingerprint density at radius 3 is 2.42 bits per heavy atom. The van der Waals surface area contributed by atoms with Crippen molar-refractivity contribution in [1.82, 2.24) is 9.47 Å². The molecule has 0 bridgehead atoms. The fourth-order valence-corrected chi connectivity index (χ4v) is 5.03. The Hall–Kier alpha value is -1.85. The number of para-hydroxylation sites is 1. The minimum absolute atomic E-state index is 0. The zero-order chi connectivity index (χ0) is 21.1. The molecule has 3 unspecified atom stereocenters. The Balaban J connectivity index is 0.00000272. The summed E-state index contributed by atoms with van der Waals surface area (Å²) in [6.45, 7) is 6.16. The lowest BCUT2D eigenvalue weighted by atomic mass is 9.90. The first-order chi connectivity index (χ1) is 14.5. The lowest BCUT2D eigenvalue weighted by Crippen LogP contribution is -2.48. The van der Waals surface area contributed by atoms with Crippen molar-refractivity contribution in [3.63, 3.8) is 0 Å². The number of nitrogens with zero attached hydrogens (tertiary/aromatic N) is 2. The van der Waals surface area contributed by atoms with Crippen LogP contribution >= 0.6 is 12.4 Å². The van der Waals surface area contributed by atoms with Crippen LogP contribution in [0.25, 0.3) is 10.9 Å². The fourth-order valence-electron chi connectivity index (χ4n) is 5.03. The molecule has 4 rings (SSSR count). The van der Waals surface area contributed by atoms with E-state index in [2.05, 4.69) is 71.8 Å². The largest absolute Gasteiger partial charge is 0.391 e. The molecule has 0 radical (unpaired) electrons. The maximum atomic E-state index is 11.1. The lowest BCUT2D eigenvalue weighted by Gasteiger charge is -2.39. The molecular formula is C26H35ClN2O2. The summed E-state index contributed by atoms with van der Waals surface area (Å²) < 4.78 is 2.24. The molecule has 2 aromatic carbocycles. The third kappa shape index (κ3) is 5.32. The second-order valence-electron chi connectivity index (χ2n) is 8.83. The summed E-state index contributed by atoms with van der Waals surface area (Å²) in [5, 5.41) is 23.1. The van der Waals surface area contributed by atoms with Crippen LogP contribution in [0.1, 0.15) is 42.5 Å². The van der Waals surface area contributed by atoms with Gasteiger partial charge in [0.25, 0.3) is 0 Å². The molecule has 0 spiro atoms. The molecule has 1 saturated carbocycles. The van der Waals surface area contributed by atoms with Gasteiger partial charge < -0.3 is 14.8 Å². The molecule has 168 valence electrons. The number of fused-ring (bicyclic) bond motifs is 1. The van der Waals surface area contributed by atoms with Gasteiger partial charge in [-0.2, -0.15) is 0 Å². The average Bonchev–Trinajstić information content (AvgIpc) is 2.99.